The summed E-state index contributed by atoms with van der Waals surface area (Å²) in [6.07, 6.45) is 2.28. The number of ether oxygens (including phenoxy) is 1. The van der Waals surface area contributed by atoms with Gasteiger partial charge in [0, 0.05) is 19.2 Å². The molecule has 98 valence electrons. The van der Waals surface area contributed by atoms with Crippen molar-refractivity contribution in [1.29, 1.82) is 0 Å². The molecule has 0 N–H and O–H groups in total. The van der Waals surface area contributed by atoms with E-state index in [0.29, 0.717) is 32.0 Å². The second-order valence-electron chi connectivity index (χ2n) is 5.05. The van der Waals surface area contributed by atoms with Crippen LogP contribution in [0.4, 0.5) is 0 Å². The standard InChI is InChI=1S/C14H20N2O2/c1-11(2)9-14(17)16-7-8-18-13(10-16)12-5-3-4-6-15-12/h3-6,11,13H,7-10H2,1-2H3. The number of aromatic nitrogens is 1. The van der Waals surface area contributed by atoms with E-state index in [1.807, 2.05) is 23.1 Å². The topological polar surface area (TPSA) is 42.4 Å². The summed E-state index contributed by atoms with van der Waals surface area (Å²) in [5.41, 5.74) is 0.902. The van der Waals surface area contributed by atoms with Crippen molar-refractivity contribution in [2.75, 3.05) is 19.7 Å². The molecule has 0 bridgehead atoms. The van der Waals surface area contributed by atoms with E-state index in [1.165, 1.54) is 0 Å². The van der Waals surface area contributed by atoms with Crippen LogP contribution in [0.25, 0.3) is 0 Å². The first-order chi connectivity index (χ1) is 8.66. The fraction of sp³-hybridized carbons (Fsp3) is 0.571. The summed E-state index contributed by atoms with van der Waals surface area (Å²) in [6, 6.07) is 5.77. The zero-order valence-corrected chi connectivity index (χ0v) is 11.0. The molecular formula is C14H20N2O2. The Balaban J connectivity index is 1.98. The van der Waals surface area contributed by atoms with Crippen LogP contribution in [0.3, 0.4) is 0 Å². The Hall–Kier alpha value is -1.42. The second-order valence-corrected chi connectivity index (χ2v) is 5.05. The number of morpholine rings is 1. The van der Waals surface area contributed by atoms with E-state index < -0.39 is 0 Å². The van der Waals surface area contributed by atoms with Crippen molar-refractivity contribution in [1.82, 2.24) is 9.88 Å². The summed E-state index contributed by atoms with van der Waals surface area (Å²) in [4.78, 5) is 18.2. The van der Waals surface area contributed by atoms with Gasteiger partial charge in [0.05, 0.1) is 18.8 Å². The summed E-state index contributed by atoms with van der Waals surface area (Å²) in [6.45, 7) is 6.02. The molecule has 0 saturated carbocycles. The summed E-state index contributed by atoms with van der Waals surface area (Å²) in [5, 5.41) is 0. The van der Waals surface area contributed by atoms with Crippen LogP contribution in [-0.2, 0) is 9.53 Å². The highest BCUT2D eigenvalue weighted by Crippen LogP contribution is 2.21. The lowest BCUT2D eigenvalue weighted by atomic mass is 10.1. The first-order valence-corrected chi connectivity index (χ1v) is 6.47. The lowest BCUT2D eigenvalue weighted by Crippen LogP contribution is -2.42. The van der Waals surface area contributed by atoms with Gasteiger partial charge in [0.1, 0.15) is 6.10 Å². The molecule has 1 unspecified atom stereocenters. The molecule has 18 heavy (non-hydrogen) atoms. The van der Waals surface area contributed by atoms with Gasteiger partial charge in [-0.15, -0.1) is 0 Å². The predicted octanol–water partition coefficient (Wildman–Crippen LogP) is 2.03. The van der Waals surface area contributed by atoms with Gasteiger partial charge in [-0.3, -0.25) is 9.78 Å². The van der Waals surface area contributed by atoms with Gasteiger partial charge in [-0.25, -0.2) is 0 Å². The van der Waals surface area contributed by atoms with Gasteiger partial charge >= 0.3 is 0 Å². The number of amides is 1. The van der Waals surface area contributed by atoms with Crippen molar-refractivity contribution in [3.63, 3.8) is 0 Å². The molecule has 4 nitrogen and oxygen atoms in total. The Morgan fingerprint density at radius 3 is 3.06 bits per heavy atom. The first kappa shape index (κ1) is 13.0. The summed E-state index contributed by atoms with van der Waals surface area (Å²) in [5.74, 6) is 0.614. The van der Waals surface area contributed by atoms with Gasteiger partial charge in [0.15, 0.2) is 0 Å². The predicted molar refractivity (Wildman–Crippen MR) is 69.0 cm³/mol. The van der Waals surface area contributed by atoms with Crippen LogP contribution in [0.5, 0.6) is 0 Å². The van der Waals surface area contributed by atoms with Crippen molar-refractivity contribution >= 4 is 5.91 Å². The number of nitrogens with zero attached hydrogens (tertiary/aromatic N) is 2. The maximum atomic E-state index is 12.0. The summed E-state index contributed by atoms with van der Waals surface area (Å²) >= 11 is 0. The third-order valence-corrected chi connectivity index (χ3v) is 3.02. The quantitative estimate of drug-likeness (QED) is 0.822. The maximum Gasteiger partial charge on any atom is 0.223 e. The normalized spacial score (nSPS) is 20.2. The molecule has 0 radical (unpaired) electrons. The van der Waals surface area contributed by atoms with E-state index >= 15 is 0 Å². The fourth-order valence-corrected chi connectivity index (χ4v) is 2.10. The van der Waals surface area contributed by atoms with Gasteiger partial charge in [-0.2, -0.15) is 0 Å². The minimum absolute atomic E-state index is 0.0870. The lowest BCUT2D eigenvalue weighted by molar-refractivity contribution is -0.139. The molecule has 2 rings (SSSR count). The van der Waals surface area contributed by atoms with E-state index in [9.17, 15) is 4.79 Å². The number of pyridine rings is 1. The molecule has 2 heterocycles. The van der Waals surface area contributed by atoms with E-state index in [-0.39, 0.29) is 12.0 Å². The Morgan fingerprint density at radius 1 is 1.56 bits per heavy atom. The summed E-state index contributed by atoms with van der Waals surface area (Å²) < 4.78 is 5.69. The number of carbonyl (C=O) groups excluding carboxylic acids is 1. The number of hydrogen-bond acceptors (Lipinski definition) is 3. The second kappa shape index (κ2) is 5.96. The highest BCUT2D eigenvalue weighted by Gasteiger charge is 2.26. The van der Waals surface area contributed by atoms with Gasteiger partial charge in [-0.1, -0.05) is 19.9 Å². The van der Waals surface area contributed by atoms with Crippen LogP contribution in [0, 0.1) is 5.92 Å². The van der Waals surface area contributed by atoms with Gasteiger partial charge in [-0.05, 0) is 18.1 Å². The van der Waals surface area contributed by atoms with Crippen LogP contribution in [0.15, 0.2) is 24.4 Å². The summed E-state index contributed by atoms with van der Waals surface area (Å²) in [7, 11) is 0. The largest absolute Gasteiger partial charge is 0.368 e. The molecule has 1 aromatic heterocycles. The molecule has 0 aliphatic carbocycles. The monoisotopic (exact) mass is 248 g/mol. The number of carbonyl (C=O) groups is 1. The maximum absolute atomic E-state index is 12.0. The highest BCUT2D eigenvalue weighted by atomic mass is 16.5. The molecule has 1 aromatic rings. The Morgan fingerprint density at radius 2 is 2.39 bits per heavy atom. The van der Waals surface area contributed by atoms with E-state index in [2.05, 4.69) is 18.8 Å². The Kier molecular flexibility index (Phi) is 4.31. The molecule has 4 heteroatoms. The number of hydrogen-bond donors (Lipinski definition) is 0. The molecule has 1 aliphatic rings. The molecule has 1 fully saturated rings. The average Bonchev–Trinajstić information content (AvgIpc) is 2.39. The van der Waals surface area contributed by atoms with Crippen LogP contribution in [-0.4, -0.2) is 35.5 Å². The molecule has 0 spiro atoms. The highest BCUT2D eigenvalue weighted by molar-refractivity contribution is 5.76. The van der Waals surface area contributed by atoms with Crippen molar-refractivity contribution in [3.05, 3.63) is 30.1 Å². The molecule has 1 atom stereocenters. The minimum atomic E-state index is -0.0870. The van der Waals surface area contributed by atoms with Crippen LogP contribution < -0.4 is 0 Å². The van der Waals surface area contributed by atoms with Crippen molar-refractivity contribution in [2.45, 2.75) is 26.4 Å². The average molecular weight is 248 g/mol. The lowest BCUT2D eigenvalue weighted by Gasteiger charge is -2.33. The van der Waals surface area contributed by atoms with Gasteiger partial charge < -0.3 is 9.64 Å². The first-order valence-electron chi connectivity index (χ1n) is 6.47. The van der Waals surface area contributed by atoms with E-state index in [1.54, 1.807) is 6.20 Å². The van der Waals surface area contributed by atoms with Crippen LogP contribution in [0.1, 0.15) is 32.1 Å². The third kappa shape index (κ3) is 3.29. The fourth-order valence-electron chi connectivity index (χ4n) is 2.10. The van der Waals surface area contributed by atoms with Crippen LogP contribution in [0.2, 0.25) is 0 Å². The molecule has 1 aliphatic heterocycles. The van der Waals surface area contributed by atoms with Gasteiger partial charge in [0.2, 0.25) is 5.91 Å². The van der Waals surface area contributed by atoms with E-state index in [0.717, 1.165) is 5.69 Å². The SMILES string of the molecule is CC(C)CC(=O)N1CCOC(c2ccccn2)C1. The Labute approximate surface area is 108 Å². The van der Waals surface area contributed by atoms with Crippen molar-refractivity contribution in [3.8, 4) is 0 Å². The van der Waals surface area contributed by atoms with E-state index in [4.69, 9.17) is 4.74 Å². The van der Waals surface area contributed by atoms with Gasteiger partial charge in [0.25, 0.3) is 0 Å². The zero-order valence-electron chi connectivity index (χ0n) is 11.0. The minimum Gasteiger partial charge on any atom is -0.368 e. The molecule has 0 aromatic carbocycles. The van der Waals surface area contributed by atoms with Crippen LogP contribution >= 0.6 is 0 Å². The molecule has 1 saturated heterocycles. The smallest absolute Gasteiger partial charge is 0.223 e. The third-order valence-electron chi connectivity index (χ3n) is 3.02. The zero-order chi connectivity index (χ0) is 13.0. The van der Waals surface area contributed by atoms with Crippen molar-refractivity contribution in [2.24, 2.45) is 5.92 Å². The molecule has 1 amide bonds. The molecular weight excluding hydrogens is 228 g/mol. The van der Waals surface area contributed by atoms with Crippen molar-refractivity contribution < 1.29 is 9.53 Å². The Bertz CT molecular complexity index is 392. The number of rotatable bonds is 3.